The van der Waals surface area contributed by atoms with Crippen LogP contribution in [0.2, 0.25) is 0 Å². The molecule has 0 aliphatic heterocycles. The van der Waals surface area contributed by atoms with Crippen LogP contribution in [0.25, 0.3) is 109 Å². The number of aromatic nitrogens is 2. The van der Waals surface area contributed by atoms with Crippen molar-refractivity contribution < 1.29 is 4.42 Å². The molecule has 49 heavy (non-hydrogen) atoms. The molecule has 0 aliphatic rings. The van der Waals surface area contributed by atoms with Gasteiger partial charge in [-0.15, -0.1) is 0 Å². The van der Waals surface area contributed by atoms with Crippen LogP contribution in [0.1, 0.15) is 0 Å². The molecule has 3 heterocycles. The Labute approximate surface area is 280 Å². The molecule has 0 atom stereocenters. The lowest BCUT2D eigenvalue weighted by Crippen LogP contribution is -1.92. The summed E-state index contributed by atoms with van der Waals surface area (Å²) < 4.78 is 6.42. The van der Waals surface area contributed by atoms with Gasteiger partial charge in [0.05, 0.1) is 0 Å². The van der Waals surface area contributed by atoms with E-state index in [0.29, 0.717) is 0 Å². The number of hydrogen-bond donors (Lipinski definition) is 0. The Balaban J connectivity index is 1.24. The van der Waals surface area contributed by atoms with Crippen LogP contribution >= 0.6 is 0 Å². The van der Waals surface area contributed by atoms with Crippen LogP contribution in [-0.4, -0.2) is 9.97 Å². The van der Waals surface area contributed by atoms with Gasteiger partial charge in [0.25, 0.3) is 0 Å². The molecule has 0 saturated heterocycles. The molecule has 3 heteroatoms. The highest BCUT2D eigenvalue weighted by atomic mass is 16.3. The van der Waals surface area contributed by atoms with Gasteiger partial charge in [-0.1, -0.05) is 115 Å². The summed E-state index contributed by atoms with van der Waals surface area (Å²) in [5.41, 5.74) is 7.37. The van der Waals surface area contributed by atoms with E-state index in [4.69, 9.17) is 9.40 Å². The van der Waals surface area contributed by atoms with Crippen molar-refractivity contribution in [1.29, 1.82) is 0 Å². The van der Waals surface area contributed by atoms with Gasteiger partial charge in [0, 0.05) is 34.7 Å². The number of benzene rings is 8. The Kier molecular flexibility index (Phi) is 5.38. The summed E-state index contributed by atoms with van der Waals surface area (Å²) in [7, 11) is 0. The first kappa shape index (κ1) is 26.5. The van der Waals surface area contributed by atoms with E-state index in [2.05, 4.69) is 138 Å². The van der Waals surface area contributed by atoms with Crippen molar-refractivity contribution in [2.75, 3.05) is 0 Å². The fourth-order valence-electron chi connectivity index (χ4n) is 8.22. The summed E-state index contributed by atoms with van der Waals surface area (Å²) >= 11 is 0. The SMILES string of the molecule is c1ccc2c(c1)ccc1cc(-c3c4ccccc4c(-c4ccc5oc6c7ccncc7cnc6c5c4)c4ccccc34)c3ccccc3c12. The van der Waals surface area contributed by atoms with Gasteiger partial charge in [0.15, 0.2) is 5.58 Å². The minimum Gasteiger partial charge on any atom is -0.454 e. The van der Waals surface area contributed by atoms with Crippen LogP contribution in [0.3, 0.4) is 0 Å². The predicted octanol–water partition coefficient (Wildman–Crippen LogP) is 12.6. The van der Waals surface area contributed by atoms with E-state index >= 15 is 0 Å². The Hall–Kier alpha value is -6.58. The van der Waals surface area contributed by atoms with Crippen molar-refractivity contribution in [3.05, 3.63) is 158 Å². The highest BCUT2D eigenvalue weighted by Crippen LogP contribution is 2.48. The zero-order valence-electron chi connectivity index (χ0n) is 26.3. The number of hydrogen-bond acceptors (Lipinski definition) is 3. The monoisotopic (exact) mass is 622 g/mol. The first-order valence-electron chi connectivity index (χ1n) is 16.6. The molecule has 226 valence electrons. The lowest BCUT2D eigenvalue weighted by Gasteiger charge is -2.20. The topological polar surface area (TPSA) is 38.9 Å². The molecule has 0 aliphatic carbocycles. The molecule has 11 rings (SSSR count). The second-order valence-corrected chi connectivity index (χ2v) is 12.9. The summed E-state index contributed by atoms with van der Waals surface area (Å²) in [6.45, 7) is 0. The van der Waals surface area contributed by atoms with Gasteiger partial charge in [-0.2, -0.15) is 0 Å². The van der Waals surface area contributed by atoms with Crippen LogP contribution in [0, 0.1) is 0 Å². The average molecular weight is 623 g/mol. The first-order valence-corrected chi connectivity index (χ1v) is 16.6. The molecule has 0 fully saturated rings. The van der Waals surface area contributed by atoms with Crippen molar-refractivity contribution in [3.8, 4) is 22.3 Å². The Morgan fingerprint density at radius 2 is 1.08 bits per heavy atom. The number of furan rings is 1. The van der Waals surface area contributed by atoms with E-state index < -0.39 is 0 Å². The van der Waals surface area contributed by atoms with Gasteiger partial charge in [0.2, 0.25) is 0 Å². The maximum absolute atomic E-state index is 6.42. The molecular weight excluding hydrogens is 597 g/mol. The van der Waals surface area contributed by atoms with Crippen molar-refractivity contribution in [3.63, 3.8) is 0 Å². The molecule has 3 aromatic heterocycles. The molecule has 0 spiro atoms. The molecule has 8 aromatic carbocycles. The quantitative estimate of drug-likeness (QED) is 0.142. The number of rotatable bonds is 2. The Morgan fingerprint density at radius 1 is 0.429 bits per heavy atom. The van der Waals surface area contributed by atoms with E-state index in [1.54, 1.807) is 6.20 Å². The van der Waals surface area contributed by atoms with E-state index in [0.717, 1.165) is 38.4 Å². The highest BCUT2D eigenvalue weighted by Gasteiger charge is 2.21. The zero-order chi connectivity index (χ0) is 32.1. The lowest BCUT2D eigenvalue weighted by molar-refractivity contribution is 0.672. The molecule has 0 amide bonds. The molecule has 0 saturated carbocycles. The van der Waals surface area contributed by atoms with Gasteiger partial charge in [-0.3, -0.25) is 9.97 Å². The first-order chi connectivity index (χ1) is 24.3. The third-order valence-corrected chi connectivity index (χ3v) is 10.3. The summed E-state index contributed by atoms with van der Waals surface area (Å²) in [5.74, 6) is 0. The maximum Gasteiger partial charge on any atom is 0.161 e. The molecule has 11 aromatic rings. The standard InChI is InChI=1S/C46H26N2O/c1-2-10-31-27(9-1)17-18-28-23-39(33-11-3-4-12-34(33)42(28)31)44-37-15-7-5-13-35(37)43(36-14-6-8-16-38(36)44)29-19-20-41-40(24-29)45-46(49-41)32-21-22-47-25-30(32)26-48-45/h1-26H. The average Bonchev–Trinajstić information content (AvgIpc) is 3.55. The van der Waals surface area contributed by atoms with Gasteiger partial charge in [0.1, 0.15) is 11.1 Å². The van der Waals surface area contributed by atoms with Gasteiger partial charge in [-0.25, -0.2) is 0 Å². The third-order valence-electron chi connectivity index (χ3n) is 10.3. The summed E-state index contributed by atoms with van der Waals surface area (Å²) in [4.78, 5) is 9.13. The minimum absolute atomic E-state index is 0.799. The Bertz CT molecular complexity index is 3120. The normalized spacial score (nSPS) is 12.1. The van der Waals surface area contributed by atoms with Crippen LogP contribution < -0.4 is 0 Å². The van der Waals surface area contributed by atoms with Crippen LogP contribution in [0.5, 0.6) is 0 Å². The van der Waals surface area contributed by atoms with Crippen molar-refractivity contribution in [1.82, 2.24) is 9.97 Å². The van der Waals surface area contributed by atoms with Crippen LogP contribution in [0.4, 0.5) is 0 Å². The van der Waals surface area contributed by atoms with Crippen molar-refractivity contribution in [2.24, 2.45) is 0 Å². The highest BCUT2D eigenvalue weighted by molar-refractivity contribution is 6.28. The fourth-order valence-corrected chi connectivity index (χ4v) is 8.22. The van der Waals surface area contributed by atoms with Gasteiger partial charge < -0.3 is 4.42 Å². The van der Waals surface area contributed by atoms with E-state index in [9.17, 15) is 0 Å². The zero-order valence-corrected chi connectivity index (χ0v) is 26.3. The van der Waals surface area contributed by atoms with Crippen molar-refractivity contribution >= 4 is 86.7 Å². The third kappa shape index (κ3) is 3.73. The number of nitrogens with zero attached hydrogens (tertiary/aromatic N) is 2. The van der Waals surface area contributed by atoms with Crippen LogP contribution in [-0.2, 0) is 0 Å². The lowest BCUT2D eigenvalue weighted by atomic mass is 9.83. The summed E-state index contributed by atoms with van der Waals surface area (Å²) in [6, 6.07) is 50.9. The largest absolute Gasteiger partial charge is 0.454 e. The smallest absolute Gasteiger partial charge is 0.161 e. The van der Waals surface area contributed by atoms with Gasteiger partial charge >= 0.3 is 0 Å². The molecule has 0 bridgehead atoms. The summed E-state index contributed by atoms with van der Waals surface area (Å²) in [6.07, 6.45) is 5.53. The number of fused-ring (bicyclic) bond motifs is 12. The van der Waals surface area contributed by atoms with Crippen molar-refractivity contribution in [2.45, 2.75) is 0 Å². The molecule has 0 unspecified atom stereocenters. The molecule has 0 N–H and O–H groups in total. The van der Waals surface area contributed by atoms with Gasteiger partial charge in [-0.05, 0) is 100 Å². The maximum atomic E-state index is 6.42. The van der Waals surface area contributed by atoms with E-state index in [1.165, 1.54) is 70.6 Å². The Morgan fingerprint density at radius 3 is 1.86 bits per heavy atom. The fraction of sp³-hybridized carbons (Fsp3) is 0. The molecule has 3 nitrogen and oxygen atoms in total. The summed E-state index contributed by atoms with van der Waals surface area (Å²) in [5, 5.41) is 15.5. The van der Waals surface area contributed by atoms with E-state index in [-0.39, 0.29) is 0 Å². The predicted molar refractivity (Wildman–Crippen MR) is 205 cm³/mol. The minimum atomic E-state index is 0.799. The molecular formula is C46H26N2O. The second-order valence-electron chi connectivity index (χ2n) is 12.9. The number of pyridine rings is 2. The van der Waals surface area contributed by atoms with E-state index in [1.807, 2.05) is 18.5 Å². The second kappa shape index (κ2) is 9.96. The van der Waals surface area contributed by atoms with Crippen LogP contribution in [0.15, 0.2) is 163 Å². The molecule has 0 radical (unpaired) electrons.